The molecule has 5 rings (SSSR count). The third kappa shape index (κ3) is 2.54. The fourth-order valence-electron chi connectivity index (χ4n) is 3.91. The normalized spacial score (nSPS) is 15.9. The van der Waals surface area contributed by atoms with E-state index in [-0.39, 0.29) is 11.6 Å². The van der Waals surface area contributed by atoms with Gasteiger partial charge < -0.3 is 5.32 Å². The molecule has 1 atom stereocenters. The first kappa shape index (κ1) is 16.1. The van der Waals surface area contributed by atoms with Crippen LogP contribution in [0.4, 0.5) is 5.69 Å². The van der Waals surface area contributed by atoms with E-state index in [0.717, 1.165) is 28.1 Å². The SMILES string of the molecule is CC(C)(C)c1ccc(C2Nc3ccccc3-c3nc4ccccc4n32)cc1. The number of hydrogen-bond donors (Lipinski definition) is 1. The van der Waals surface area contributed by atoms with E-state index in [0.29, 0.717) is 0 Å². The highest BCUT2D eigenvalue weighted by Crippen LogP contribution is 2.40. The van der Waals surface area contributed by atoms with Crippen LogP contribution in [0.2, 0.25) is 0 Å². The standard InChI is InChI=1S/C24H23N3/c1-24(2,3)17-14-12-16(13-15-17)22-25-19-9-5-4-8-18(19)23-26-20-10-6-7-11-21(20)27(22)23/h4-15,22,25H,1-3H3. The third-order valence-corrected chi connectivity index (χ3v) is 5.41. The summed E-state index contributed by atoms with van der Waals surface area (Å²) in [6, 6.07) is 25.8. The van der Waals surface area contributed by atoms with Gasteiger partial charge in [-0.15, -0.1) is 0 Å². The number of imidazole rings is 1. The van der Waals surface area contributed by atoms with Gasteiger partial charge >= 0.3 is 0 Å². The maximum Gasteiger partial charge on any atom is 0.145 e. The van der Waals surface area contributed by atoms with Gasteiger partial charge in [-0.1, -0.05) is 69.3 Å². The number of anilines is 1. The fourth-order valence-corrected chi connectivity index (χ4v) is 3.91. The first-order valence-corrected chi connectivity index (χ1v) is 9.46. The summed E-state index contributed by atoms with van der Waals surface area (Å²) in [5.41, 5.74) is 7.20. The highest BCUT2D eigenvalue weighted by molar-refractivity contribution is 5.86. The highest BCUT2D eigenvalue weighted by Gasteiger charge is 2.28. The smallest absolute Gasteiger partial charge is 0.145 e. The van der Waals surface area contributed by atoms with Gasteiger partial charge in [-0.3, -0.25) is 4.57 Å². The summed E-state index contributed by atoms with van der Waals surface area (Å²) in [6.45, 7) is 6.75. The van der Waals surface area contributed by atoms with Gasteiger partial charge in [0.2, 0.25) is 0 Å². The molecule has 1 unspecified atom stereocenters. The van der Waals surface area contributed by atoms with E-state index in [2.05, 4.69) is 97.4 Å². The Balaban J connectivity index is 1.71. The Morgan fingerprint density at radius 1 is 0.852 bits per heavy atom. The van der Waals surface area contributed by atoms with Crippen molar-refractivity contribution in [2.75, 3.05) is 5.32 Å². The number of benzene rings is 3. The molecule has 0 fully saturated rings. The lowest BCUT2D eigenvalue weighted by atomic mass is 9.86. The van der Waals surface area contributed by atoms with Gasteiger partial charge in [-0.05, 0) is 40.8 Å². The van der Waals surface area contributed by atoms with E-state index >= 15 is 0 Å². The Morgan fingerprint density at radius 2 is 1.56 bits per heavy atom. The zero-order valence-corrected chi connectivity index (χ0v) is 15.9. The van der Waals surface area contributed by atoms with Crippen LogP contribution in [0.5, 0.6) is 0 Å². The minimum atomic E-state index is 0.0244. The molecule has 27 heavy (non-hydrogen) atoms. The van der Waals surface area contributed by atoms with E-state index in [9.17, 15) is 0 Å². The lowest BCUT2D eigenvalue weighted by molar-refractivity contribution is 0.588. The summed E-state index contributed by atoms with van der Waals surface area (Å²) in [5, 5.41) is 3.73. The first-order chi connectivity index (χ1) is 13.0. The number of aromatic nitrogens is 2. The van der Waals surface area contributed by atoms with Crippen LogP contribution in [-0.2, 0) is 5.41 Å². The lowest BCUT2D eigenvalue weighted by Gasteiger charge is -2.30. The third-order valence-electron chi connectivity index (χ3n) is 5.41. The second-order valence-corrected chi connectivity index (χ2v) is 8.26. The van der Waals surface area contributed by atoms with Crippen LogP contribution in [0.1, 0.15) is 38.1 Å². The zero-order valence-electron chi connectivity index (χ0n) is 15.9. The van der Waals surface area contributed by atoms with Crippen molar-refractivity contribution in [1.82, 2.24) is 9.55 Å². The van der Waals surface area contributed by atoms with Crippen LogP contribution >= 0.6 is 0 Å². The van der Waals surface area contributed by atoms with Crippen LogP contribution < -0.4 is 5.32 Å². The van der Waals surface area contributed by atoms with Crippen LogP contribution in [-0.4, -0.2) is 9.55 Å². The van der Waals surface area contributed by atoms with Crippen LogP contribution in [0, 0.1) is 0 Å². The number of fused-ring (bicyclic) bond motifs is 5. The van der Waals surface area contributed by atoms with Crippen molar-refractivity contribution in [2.24, 2.45) is 0 Å². The Bertz CT molecular complexity index is 1130. The van der Waals surface area contributed by atoms with Gasteiger partial charge in [-0.25, -0.2) is 4.98 Å². The van der Waals surface area contributed by atoms with Gasteiger partial charge in [0, 0.05) is 11.3 Å². The molecule has 2 heterocycles. The number of hydrogen-bond acceptors (Lipinski definition) is 2. The van der Waals surface area contributed by atoms with Gasteiger partial charge in [-0.2, -0.15) is 0 Å². The van der Waals surface area contributed by atoms with Crippen molar-refractivity contribution >= 4 is 16.7 Å². The van der Waals surface area contributed by atoms with Crippen molar-refractivity contribution < 1.29 is 0 Å². The Hall–Kier alpha value is -3.07. The molecular weight excluding hydrogens is 330 g/mol. The van der Waals surface area contributed by atoms with E-state index in [4.69, 9.17) is 4.98 Å². The molecule has 0 saturated heterocycles. The number of para-hydroxylation sites is 3. The van der Waals surface area contributed by atoms with Crippen LogP contribution in [0.15, 0.2) is 72.8 Å². The molecule has 1 N–H and O–H groups in total. The zero-order chi connectivity index (χ0) is 18.6. The summed E-state index contributed by atoms with van der Waals surface area (Å²) in [4.78, 5) is 4.95. The molecule has 1 aliphatic rings. The maximum absolute atomic E-state index is 4.95. The largest absolute Gasteiger partial charge is 0.361 e. The summed E-state index contributed by atoms with van der Waals surface area (Å²) in [6.07, 6.45) is 0.0244. The molecule has 0 bridgehead atoms. The van der Waals surface area contributed by atoms with Crippen LogP contribution in [0.25, 0.3) is 22.4 Å². The highest BCUT2D eigenvalue weighted by atomic mass is 15.2. The lowest BCUT2D eigenvalue weighted by Crippen LogP contribution is -2.25. The molecule has 4 aromatic rings. The van der Waals surface area contributed by atoms with E-state index in [1.54, 1.807) is 0 Å². The number of nitrogens with one attached hydrogen (secondary N) is 1. The molecule has 1 aromatic heterocycles. The van der Waals surface area contributed by atoms with Crippen LogP contribution in [0.3, 0.4) is 0 Å². The molecule has 134 valence electrons. The monoisotopic (exact) mass is 353 g/mol. The molecule has 3 aromatic carbocycles. The van der Waals surface area contributed by atoms with Gasteiger partial charge in [0.15, 0.2) is 0 Å². The summed E-state index contributed by atoms with van der Waals surface area (Å²) < 4.78 is 2.32. The Morgan fingerprint density at radius 3 is 2.33 bits per heavy atom. The second-order valence-electron chi connectivity index (χ2n) is 8.26. The molecule has 0 spiro atoms. The van der Waals surface area contributed by atoms with Gasteiger partial charge in [0.05, 0.1) is 11.0 Å². The van der Waals surface area contributed by atoms with Gasteiger partial charge in [0.25, 0.3) is 0 Å². The molecule has 0 saturated carbocycles. The molecule has 0 amide bonds. The first-order valence-electron chi connectivity index (χ1n) is 9.46. The summed E-state index contributed by atoms with van der Waals surface area (Å²) in [5.74, 6) is 1.02. The average molecular weight is 353 g/mol. The number of nitrogens with zero attached hydrogens (tertiary/aromatic N) is 2. The minimum Gasteiger partial charge on any atom is -0.361 e. The predicted octanol–water partition coefficient (Wildman–Crippen LogP) is 5.97. The fraction of sp³-hybridized carbons (Fsp3) is 0.208. The van der Waals surface area contributed by atoms with Crippen molar-refractivity contribution in [3.05, 3.63) is 83.9 Å². The van der Waals surface area contributed by atoms with Crippen molar-refractivity contribution in [3.63, 3.8) is 0 Å². The quantitative estimate of drug-likeness (QED) is 0.457. The second kappa shape index (κ2) is 5.71. The van der Waals surface area contributed by atoms with Crippen molar-refractivity contribution in [1.29, 1.82) is 0 Å². The topological polar surface area (TPSA) is 29.9 Å². The summed E-state index contributed by atoms with van der Waals surface area (Å²) >= 11 is 0. The van der Waals surface area contributed by atoms with Gasteiger partial charge in [0.1, 0.15) is 12.0 Å². The average Bonchev–Trinajstić information content (AvgIpc) is 3.07. The van der Waals surface area contributed by atoms with Crippen molar-refractivity contribution in [3.8, 4) is 11.4 Å². The molecule has 0 aliphatic carbocycles. The molecule has 0 radical (unpaired) electrons. The Kier molecular flexibility index (Phi) is 3.41. The number of rotatable bonds is 1. The molecular formula is C24H23N3. The molecule has 3 nitrogen and oxygen atoms in total. The Labute approximate surface area is 159 Å². The van der Waals surface area contributed by atoms with E-state index in [1.165, 1.54) is 11.1 Å². The predicted molar refractivity (Wildman–Crippen MR) is 112 cm³/mol. The molecule has 3 heteroatoms. The maximum atomic E-state index is 4.95. The van der Waals surface area contributed by atoms with Crippen molar-refractivity contribution in [2.45, 2.75) is 32.4 Å². The summed E-state index contributed by atoms with van der Waals surface area (Å²) in [7, 11) is 0. The molecule has 1 aliphatic heterocycles. The minimum absolute atomic E-state index is 0.0244. The van der Waals surface area contributed by atoms with E-state index in [1.807, 2.05) is 6.07 Å². The van der Waals surface area contributed by atoms with E-state index < -0.39 is 0 Å².